The topological polar surface area (TPSA) is 102 Å². The van der Waals surface area contributed by atoms with Gasteiger partial charge in [-0.25, -0.2) is 17.6 Å². The summed E-state index contributed by atoms with van der Waals surface area (Å²) >= 11 is 0. The van der Waals surface area contributed by atoms with Crippen molar-refractivity contribution in [3.8, 4) is 5.75 Å². The number of hydrogen-bond donors (Lipinski definition) is 1. The maximum absolute atomic E-state index is 14.1. The minimum absolute atomic E-state index is 0.223. The van der Waals surface area contributed by atoms with E-state index in [9.17, 15) is 22.4 Å². The van der Waals surface area contributed by atoms with Crippen molar-refractivity contribution in [1.29, 1.82) is 0 Å². The van der Waals surface area contributed by atoms with Crippen LogP contribution in [0.25, 0.3) is 0 Å². The maximum Gasteiger partial charge on any atom is 0.341 e. The van der Waals surface area contributed by atoms with E-state index in [0.717, 1.165) is 18.2 Å². The molecule has 2 aromatic carbocycles. The summed E-state index contributed by atoms with van der Waals surface area (Å²) in [6, 6.07) is 9.41. The average Bonchev–Trinajstić information content (AvgIpc) is 2.73. The summed E-state index contributed by atoms with van der Waals surface area (Å²) in [5.74, 6) is -2.22. The van der Waals surface area contributed by atoms with Crippen LogP contribution in [0.1, 0.15) is 24.2 Å². The standard InChI is InChI=1S/C20H23FN2O6S/c1-4-23(5-2)30(26,27)16-9-10-18(21)17(12-16)20(25)29-13-19(24)22-14-7-6-8-15(11-14)28-3/h6-12H,4-5,13H2,1-3H3,(H,22,24). The van der Waals surface area contributed by atoms with Crippen molar-refractivity contribution in [3.63, 3.8) is 0 Å². The van der Waals surface area contributed by atoms with Gasteiger partial charge in [-0.15, -0.1) is 0 Å². The molecular formula is C20H23FN2O6S. The second kappa shape index (κ2) is 10.2. The first-order valence-corrected chi connectivity index (χ1v) is 10.6. The zero-order valence-corrected chi connectivity index (χ0v) is 17.7. The normalized spacial score (nSPS) is 11.2. The number of carbonyl (C=O) groups excluding carboxylic acids is 2. The Kier molecular flexibility index (Phi) is 7.90. The Morgan fingerprint density at radius 1 is 1.10 bits per heavy atom. The van der Waals surface area contributed by atoms with E-state index in [1.807, 2.05) is 0 Å². The molecule has 0 bridgehead atoms. The van der Waals surface area contributed by atoms with Crippen molar-refractivity contribution in [2.45, 2.75) is 18.7 Å². The highest BCUT2D eigenvalue weighted by molar-refractivity contribution is 7.89. The molecule has 0 unspecified atom stereocenters. The molecule has 2 rings (SSSR count). The predicted octanol–water partition coefficient (Wildman–Crippen LogP) is 2.66. The third-order valence-electron chi connectivity index (χ3n) is 4.19. The molecule has 1 N–H and O–H groups in total. The first-order valence-electron chi connectivity index (χ1n) is 9.13. The van der Waals surface area contributed by atoms with Crippen LogP contribution in [-0.4, -0.2) is 51.4 Å². The number of nitrogens with one attached hydrogen (secondary N) is 1. The van der Waals surface area contributed by atoms with Gasteiger partial charge in [0.15, 0.2) is 6.61 Å². The third kappa shape index (κ3) is 5.55. The van der Waals surface area contributed by atoms with Crippen LogP contribution in [0.2, 0.25) is 0 Å². The second-order valence-corrected chi connectivity index (χ2v) is 8.03. The van der Waals surface area contributed by atoms with E-state index >= 15 is 0 Å². The monoisotopic (exact) mass is 438 g/mol. The molecule has 1 amide bonds. The fourth-order valence-corrected chi connectivity index (χ4v) is 4.13. The van der Waals surface area contributed by atoms with E-state index in [-0.39, 0.29) is 18.0 Å². The van der Waals surface area contributed by atoms with Gasteiger partial charge < -0.3 is 14.8 Å². The first kappa shape index (κ1) is 23.3. The lowest BCUT2D eigenvalue weighted by atomic mass is 10.2. The number of halogens is 1. The predicted molar refractivity (Wildman–Crippen MR) is 108 cm³/mol. The molecule has 162 valence electrons. The molecule has 0 aromatic heterocycles. The molecule has 0 saturated heterocycles. The number of methoxy groups -OCH3 is 1. The van der Waals surface area contributed by atoms with Crippen LogP contribution >= 0.6 is 0 Å². The Morgan fingerprint density at radius 2 is 1.80 bits per heavy atom. The van der Waals surface area contributed by atoms with Crippen molar-refractivity contribution in [1.82, 2.24) is 4.31 Å². The number of rotatable bonds is 9. The maximum atomic E-state index is 14.1. The summed E-state index contributed by atoms with van der Waals surface area (Å²) in [4.78, 5) is 24.0. The largest absolute Gasteiger partial charge is 0.497 e. The number of nitrogens with zero attached hydrogens (tertiary/aromatic N) is 1. The summed E-state index contributed by atoms with van der Waals surface area (Å²) in [5, 5.41) is 2.51. The molecule has 0 aliphatic rings. The van der Waals surface area contributed by atoms with Crippen molar-refractivity contribution >= 4 is 27.6 Å². The fourth-order valence-electron chi connectivity index (χ4n) is 2.64. The summed E-state index contributed by atoms with van der Waals surface area (Å²) in [5.41, 5.74) is -0.147. The van der Waals surface area contributed by atoms with Crippen molar-refractivity contribution in [3.05, 3.63) is 53.8 Å². The lowest BCUT2D eigenvalue weighted by Crippen LogP contribution is -2.30. The van der Waals surface area contributed by atoms with Crippen LogP contribution in [0.5, 0.6) is 5.75 Å². The number of hydrogen-bond acceptors (Lipinski definition) is 6. The van der Waals surface area contributed by atoms with E-state index in [1.165, 1.54) is 11.4 Å². The third-order valence-corrected chi connectivity index (χ3v) is 6.23. The quantitative estimate of drug-likeness (QED) is 0.604. The minimum Gasteiger partial charge on any atom is -0.497 e. The van der Waals surface area contributed by atoms with Gasteiger partial charge in [0, 0.05) is 24.8 Å². The molecule has 8 nitrogen and oxygen atoms in total. The van der Waals surface area contributed by atoms with Gasteiger partial charge >= 0.3 is 5.97 Å². The Bertz CT molecular complexity index is 1020. The van der Waals surface area contributed by atoms with Crippen LogP contribution in [0.4, 0.5) is 10.1 Å². The summed E-state index contributed by atoms with van der Waals surface area (Å²) in [7, 11) is -2.41. The van der Waals surface area contributed by atoms with Crippen molar-refractivity contribution < 1.29 is 31.9 Å². The summed E-state index contributed by atoms with van der Waals surface area (Å²) in [6.45, 7) is 3.10. The molecule has 0 aliphatic carbocycles. The number of esters is 1. The Morgan fingerprint density at radius 3 is 2.43 bits per heavy atom. The summed E-state index contributed by atoms with van der Waals surface area (Å²) in [6.07, 6.45) is 0. The molecular weight excluding hydrogens is 415 g/mol. The molecule has 0 radical (unpaired) electrons. The van der Waals surface area contributed by atoms with Gasteiger partial charge in [-0.1, -0.05) is 19.9 Å². The van der Waals surface area contributed by atoms with Crippen LogP contribution in [0.3, 0.4) is 0 Å². The number of carbonyl (C=O) groups is 2. The Labute approximate surface area is 174 Å². The van der Waals surface area contributed by atoms with Gasteiger partial charge in [-0.3, -0.25) is 4.79 Å². The smallest absolute Gasteiger partial charge is 0.341 e. The number of amides is 1. The van der Waals surface area contributed by atoms with Gasteiger partial charge in [-0.05, 0) is 30.3 Å². The molecule has 10 heteroatoms. The lowest BCUT2D eigenvalue weighted by Gasteiger charge is -2.18. The van der Waals surface area contributed by atoms with E-state index in [0.29, 0.717) is 11.4 Å². The Hall–Kier alpha value is -2.98. The number of ether oxygens (including phenoxy) is 2. The van der Waals surface area contributed by atoms with Gasteiger partial charge in [-0.2, -0.15) is 4.31 Å². The molecule has 30 heavy (non-hydrogen) atoms. The van der Waals surface area contributed by atoms with E-state index in [2.05, 4.69) is 5.32 Å². The molecule has 2 aromatic rings. The zero-order valence-electron chi connectivity index (χ0n) is 16.8. The number of sulfonamides is 1. The lowest BCUT2D eigenvalue weighted by molar-refractivity contribution is -0.119. The number of anilines is 1. The van der Waals surface area contributed by atoms with Crippen molar-refractivity contribution in [2.75, 3.05) is 32.1 Å². The Balaban J connectivity index is 2.10. The van der Waals surface area contributed by atoms with Gasteiger partial charge in [0.1, 0.15) is 11.6 Å². The molecule has 0 spiro atoms. The van der Waals surface area contributed by atoms with Crippen LogP contribution in [0.15, 0.2) is 47.4 Å². The highest BCUT2D eigenvalue weighted by atomic mass is 32.2. The van der Waals surface area contributed by atoms with Gasteiger partial charge in [0.2, 0.25) is 10.0 Å². The van der Waals surface area contributed by atoms with Crippen LogP contribution in [-0.2, 0) is 19.6 Å². The van der Waals surface area contributed by atoms with E-state index in [1.54, 1.807) is 38.1 Å². The molecule has 0 aliphatic heterocycles. The van der Waals surface area contributed by atoms with Gasteiger partial charge in [0.05, 0.1) is 17.6 Å². The minimum atomic E-state index is -3.88. The van der Waals surface area contributed by atoms with Gasteiger partial charge in [0.25, 0.3) is 5.91 Å². The average molecular weight is 438 g/mol. The highest BCUT2D eigenvalue weighted by Gasteiger charge is 2.25. The molecule has 0 heterocycles. The van der Waals surface area contributed by atoms with E-state index in [4.69, 9.17) is 9.47 Å². The highest BCUT2D eigenvalue weighted by Crippen LogP contribution is 2.20. The van der Waals surface area contributed by atoms with Crippen molar-refractivity contribution in [2.24, 2.45) is 0 Å². The van der Waals surface area contributed by atoms with E-state index < -0.39 is 39.9 Å². The first-order chi connectivity index (χ1) is 14.2. The zero-order chi connectivity index (χ0) is 22.3. The molecule has 0 saturated carbocycles. The molecule has 0 fully saturated rings. The van der Waals surface area contributed by atoms with Crippen LogP contribution in [0, 0.1) is 5.82 Å². The molecule has 0 atom stereocenters. The SMILES string of the molecule is CCN(CC)S(=O)(=O)c1ccc(F)c(C(=O)OCC(=O)Nc2cccc(OC)c2)c1. The second-order valence-electron chi connectivity index (χ2n) is 6.09. The van der Waals surface area contributed by atoms with Crippen LogP contribution < -0.4 is 10.1 Å². The number of benzene rings is 2. The fraction of sp³-hybridized carbons (Fsp3) is 0.300. The summed E-state index contributed by atoms with van der Waals surface area (Å²) < 4.78 is 50.3.